The number of ether oxygens (including phenoxy) is 1. The molecule has 0 radical (unpaired) electrons. The maximum atomic E-state index is 12.5. The number of imide groups is 1. The van der Waals surface area contributed by atoms with Gasteiger partial charge in [-0.05, 0) is 36.2 Å². The molecule has 3 aromatic rings. The molecule has 0 bridgehead atoms. The summed E-state index contributed by atoms with van der Waals surface area (Å²) in [5, 5.41) is 11.2. The molecule has 0 aliphatic carbocycles. The van der Waals surface area contributed by atoms with Crippen LogP contribution in [0.3, 0.4) is 0 Å². The van der Waals surface area contributed by atoms with Gasteiger partial charge in [0, 0.05) is 12.6 Å². The van der Waals surface area contributed by atoms with Gasteiger partial charge in [-0.25, -0.2) is 0 Å². The summed E-state index contributed by atoms with van der Waals surface area (Å²) in [5.41, 5.74) is 2.45. The number of rotatable bonds is 6. The molecule has 0 saturated carbocycles. The van der Waals surface area contributed by atoms with Gasteiger partial charge in [0.2, 0.25) is 0 Å². The van der Waals surface area contributed by atoms with Gasteiger partial charge in [0.05, 0.1) is 16.9 Å². The van der Waals surface area contributed by atoms with Gasteiger partial charge < -0.3 is 4.74 Å². The maximum Gasteiger partial charge on any atom is 0.312 e. The minimum absolute atomic E-state index is 0.0377. The highest BCUT2D eigenvalue weighted by atomic mass is 16.6. The number of nitro benzene ring substituents is 1. The van der Waals surface area contributed by atoms with E-state index in [9.17, 15) is 24.5 Å². The molecule has 1 heterocycles. The Labute approximate surface area is 183 Å². The lowest BCUT2D eigenvalue weighted by Crippen LogP contribution is -2.32. The molecule has 0 saturated heterocycles. The summed E-state index contributed by atoms with van der Waals surface area (Å²) in [6, 6.07) is 18.9. The van der Waals surface area contributed by atoms with Crippen LogP contribution in [0.2, 0.25) is 0 Å². The molecule has 32 heavy (non-hydrogen) atoms. The number of fused-ring (bicyclic) bond motifs is 1. The highest BCUT2D eigenvalue weighted by Crippen LogP contribution is 2.31. The zero-order valence-electron chi connectivity index (χ0n) is 17.1. The summed E-state index contributed by atoms with van der Waals surface area (Å²) in [6.07, 6.45) is -0.237. The fraction of sp³-hybridized carbons (Fsp3) is 0.125. The fourth-order valence-electron chi connectivity index (χ4n) is 3.52. The molecule has 8 heteroatoms. The van der Waals surface area contributed by atoms with Crippen molar-refractivity contribution in [1.29, 1.82) is 0 Å². The molecule has 2 amide bonds. The highest BCUT2D eigenvalue weighted by molar-refractivity contribution is 6.23. The van der Waals surface area contributed by atoms with Gasteiger partial charge in [0.15, 0.2) is 0 Å². The van der Waals surface area contributed by atoms with Crippen LogP contribution in [0.4, 0.5) is 5.69 Å². The van der Waals surface area contributed by atoms with Crippen molar-refractivity contribution < 1.29 is 24.0 Å². The third-order valence-corrected chi connectivity index (χ3v) is 5.18. The van der Waals surface area contributed by atoms with Gasteiger partial charge in [-0.1, -0.05) is 48.0 Å². The zero-order valence-corrected chi connectivity index (χ0v) is 17.1. The van der Waals surface area contributed by atoms with Crippen LogP contribution in [-0.2, 0) is 4.79 Å². The van der Waals surface area contributed by atoms with Crippen molar-refractivity contribution in [2.75, 3.05) is 6.54 Å². The summed E-state index contributed by atoms with van der Waals surface area (Å²) in [6.45, 7) is 1.78. The number of aryl methyl sites for hydroxylation is 1. The lowest BCUT2D eigenvalue weighted by atomic mass is 10.0. The van der Waals surface area contributed by atoms with Crippen molar-refractivity contribution in [3.05, 3.63) is 93.5 Å². The lowest BCUT2D eigenvalue weighted by molar-refractivity contribution is -0.385. The van der Waals surface area contributed by atoms with Crippen molar-refractivity contribution in [1.82, 2.24) is 4.90 Å². The Morgan fingerprint density at radius 2 is 1.56 bits per heavy atom. The van der Waals surface area contributed by atoms with E-state index in [2.05, 4.69) is 0 Å². The first kappa shape index (κ1) is 20.9. The van der Waals surface area contributed by atoms with Crippen LogP contribution in [0, 0.1) is 17.0 Å². The standard InChI is InChI=1S/C24H18N2O6/c1-15-5-7-16(8-6-15)17-9-11-18(12-10-17)32-21(27)13-14-25-23(28)19-3-2-4-20(26(30)31)22(19)24(25)29/h2-12H,13-14H2,1H3. The molecule has 0 atom stereocenters. The van der Waals surface area contributed by atoms with Crippen LogP contribution >= 0.6 is 0 Å². The Bertz CT molecular complexity index is 1230. The Kier molecular flexibility index (Phi) is 5.51. The van der Waals surface area contributed by atoms with Gasteiger partial charge in [0.25, 0.3) is 17.5 Å². The molecule has 8 nitrogen and oxygen atoms in total. The summed E-state index contributed by atoms with van der Waals surface area (Å²) in [5.74, 6) is -1.74. The van der Waals surface area contributed by atoms with E-state index in [4.69, 9.17) is 4.74 Å². The van der Waals surface area contributed by atoms with Crippen molar-refractivity contribution in [3.8, 4) is 16.9 Å². The van der Waals surface area contributed by atoms with Crippen molar-refractivity contribution in [2.45, 2.75) is 13.3 Å². The van der Waals surface area contributed by atoms with E-state index in [0.29, 0.717) is 5.75 Å². The molecule has 0 N–H and O–H groups in total. The summed E-state index contributed by atoms with van der Waals surface area (Å²) < 4.78 is 5.30. The first-order valence-electron chi connectivity index (χ1n) is 9.86. The smallest absolute Gasteiger partial charge is 0.312 e. The number of amides is 2. The third-order valence-electron chi connectivity index (χ3n) is 5.18. The number of nitro groups is 1. The Morgan fingerprint density at radius 1 is 0.938 bits per heavy atom. The zero-order chi connectivity index (χ0) is 22.8. The first-order chi connectivity index (χ1) is 15.3. The van der Waals surface area contributed by atoms with E-state index in [0.717, 1.165) is 21.6 Å². The molecule has 160 valence electrons. The molecule has 0 unspecified atom stereocenters. The van der Waals surface area contributed by atoms with E-state index in [1.54, 1.807) is 12.1 Å². The van der Waals surface area contributed by atoms with Gasteiger partial charge in [-0.15, -0.1) is 0 Å². The van der Waals surface area contributed by atoms with E-state index in [1.807, 2.05) is 43.3 Å². The Morgan fingerprint density at radius 3 is 2.19 bits per heavy atom. The predicted octanol–water partition coefficient (Wildman–Crippen LogP) is 4.16. The lowest BCUT2D eigenvalue weighted by Gasteiger charge is -2.13. The van der Waals surface area contributed by atoms with Crippen LogP contribution in [-0.4, -0.2) is 34.2 Å². The second-order valence-corrected chi connectivity index (χ2v) is 7.33. The average molecular weight is 430 g/mol. The van der Waals surface area contributed by atoms with E-state index in [1.165, 1.54) is 18.2 Å². The molecule has 1 aliphatic heterocycles. The molecular formula is C24H18N2O6. The SMILES string of the molecule is Cc1ccc(-c2ccc(OC(=O)CCN3C(=O)c4cccc([N+](=O)[O-])c4C3=O)cc2)cc1. The molecule has 0 aromatic heterocycles. The minimum atomic E-state index is -0.785. The van der Waals surface area contributed by atoms with E-state index in [-0.39, 0.29) is 24.1 Å². The second kappa shape index (κ2) is 8.43. The first-order valence-corrected chi connectivity index (χ1v) is 9.86. The Hall–Kier alpha value is -4.33. The molecule has 0 fully saturated rings. The summed E-state index contributed by atoms with van der Waals surface area (Å²) in [4.78, 5) is 48.6. The average Bonchev–Trinajstić information content (AvgIpc) is 3.03. The fourth-order valence-corrected chi connectivity index (χ4v) is 3.52. The number of carbonyl (C=O) groups is 3. The van der Waals surface area contributed by atoms with E-state index >= 15 is 0 Å². The highest BCUT2D eigenvalue weighted by Gasteiger charge is 2.40. The number of benzene rings is 3. The second-order valence-electron chi connectivity index (χ2n) is 7.33. The van der Waals surface area contributed by atoms with Crippen molar-refractivity contribution in [2.24, 2.45) is 0 Å². The third kappa shape index (κ3) is 3.98. The molecule has 4 rings (SSSR count). The number of nitrogens with zero attached hydrogens (tertiary/aromatic N) is 2. The molecular weight excluding hydrogens is 412 g/mol. The minimum Gasteiger partial charge on any atom is -0.426 e. The number of esters is 1. The Balaban J connectivity index is 1.39. The normalized spacial score (nSPS) is 12.6. The molecule has 3 aromatic carbocycles. The summed E-state index contributed by atoms with van der Waals surface area (Å²) in [7, 11) is 0. The molecule has 1 aliphatic rings. The number of hydrogen-bond donors (Lipinski definition) is 0. The van der Waals surface area contributed by atoms with Crippen LogP contribution < -0.4 is 4.74 Å². The van der Waals surface area contributed by atoms with E-state index < -0.39 is 28.4 Å². The van der Waals surface area contributed by atoms with Crippen molar-refractivity contribution in [3.63, 3.8) is 0 Å². The van der Waals surface area contributed by atoms with Gasteiger partial charge >= 0.3 is 5.97 Å². The quantitative estimate of drug-likeness (QED) is 0.191. The maximum absolute atomic E-state index is 12.5. The predicted molar refractivity (Wildman–Crippen MR) is 115 cm³/mol. The van der Waals surface area contributed by atoms with Crippen molar-refractivity contribution >= 4 is 23.5 Å². The summed E-state index contributed by atoms with van der Waals surface area (Å²) >= 11 is 0. The van der Waals surface area contributed by atoms with Gasteiger partial charge in [0.1, 0.15) is 11.3 Å². The van der Waals surface area contributed by atoms with Crippen LogP contribution in [0.15, 0.2) is 66.7 Å². The topological polar surface area (TPSA) is 107 Å². The molecule has 0 spiro atoms. The van der Waals surface area contributed by atoms with Gasteiger partial charge in [-0.3, -0.25) is 29.4 Å². The number of hydrogen-bond acceptors (Lipinski definition) is 6. The van der Waals surface area contributed by atoms with Gasteiger partial charge in [-0.2, -0.15) is 0 Å². The number of carbonyl (C=O) groups excluding carboxylic acids is 3. The largest absolute Gasteiger partial charge is 0.426 e. The monoisotopic (exact) mass is 430 g/mol. The van der Waals surface area contributed by atoms with Crippen LogP contribution in [0.1, 0.15) is 32.7 Å². The van der Waals surface area contributed by atoms with Crippen LogP contribution in [0.25, 0.3) is 11.1 Å². The van der Waals surface area contributed by atoms with Crippen LogP contribution in [0.5, 0.6) is 5.75 Å².